The number of hydrogen-bond donors (Lipinski definition) is 2. The molecule has 0 saturated heterocycles. The van der Waals surface area contributed by atoms with Gasteiger partial charge in [-0.15, -0.1) is 0 Å². The number of nitrogens with zero attached hydrogens (tertiary/aromatic N) is 1. The van der Waals surface area contributed by atoms with E-state index < -0.39 is 0 Å². The standard InChI is InChI=1S/C15H13N3S/c16-15(17)18-14-4-3-10-7-11(1-2-12(10)8-14)13-5-6-19-9-13/h1-9H,(H4,16,17,18). The van der Waals surface area contributed by atoms with E-state index in [-0.39, 0.29) is 5.96 Å². The summed E-state index contributed by atoms with van der Waals surface area (Å²) in [6.45, 7) is 0. The zero-order chi connectivity index (χ0) is 13.2. The lowest BCUT2D eigenvalue weighted by Gasteiger charge is -2.03. The molecule has 0 aliphatic rings. The van der Waals surface area contributed by atoms with Crippen molar-refractivity contribution in [2.75, 3.05) is 0 Å². The molecule has 1 aromatic heterocycles. The van der Waals surface area contributed by atoms with Gasteiger partial charge in [0, 0.05) is 0 Å². The molecule has 0 unspecified atom stereocenters. The Hall–Kier alpha value is -2.33. The molecule has 0 amide bonds. The Labute approximate surface area is 115 Å². The molecule has 4 heteroatoms. The zero-order valence-corrected chi connectivity index (χ0v) is 11.0. The number of aliphatic imine (C=N–C) groups is 1. The molecule has 0 aliphatic heterocycles. The molecule has 3 aromatic rings. The lowest BCUT2D eigenvalue weighted by molar-refractivity contribution is 1.43. The number of fused-ring (bicyclic) bond motifs is 1. The van der Waals surface area contributed by atoms with Crippen LogP contribution in [-0.4, -0.2) is 5.96 Å². The van der Waals surface area contributed by atoms with Crippen LogP contribution in [0.4, 0.5) is 5.69 Å². The van der Waals surface area contributed by atoms with Crippen LogP contribution in [0.3, 0.4) is 0 Å². The lowest BCUT2D eigenvalue weighted by atomic mass is 10.0. The first kappa shape index (κ1) is 11.7. The molecule has 0 spiro atoms. The summed E-state index contributed by atoms with van der Waals surface area (Å²) < 4.78 is 0. The smallest absolute Gasteiger partial charge is 0.191 e. The Morgan fingerprint density at radius 1 is 0.895 bits per heavy atom. The fourth-order valence-corrected chi connectivity index (χ4v) is 2.73. The van der Waals surface area contributed by atoms with Crippen molar-refractivity contribution in [1.29, 1.82) is 0 Å². The average molecular weight is 267 g/mol. The normalized spacial score (nSPS) is 10.5. The third-order valence-corrected chi connectivity index (χ3v) is 3.62. The van der Waals surface area contributed by atoms with Crippen molar-refractivity contribution < 1.29 is 0 Å². The van der Waals surface area contributed by atoms with E-state index in [0.717, 1.165) is 11.1 Å². The van der Waals surface area contributed by atoms with Crippen LogP contribution < -0.4 is 11.5 Å². The number of benzene rings is 2. The predicted molar refractivity (Wildman–Crippen MR) is 82.7 cm³/mol. The summed E-state index contributed by atoms with van der Waals surface area (Å²) in [5.74, 6) is 0.0780. The maximum Gasteiger partial charge on any atom is 0.191 e. The van der Waals surface area contributed by atoms with Crippen molar-refractivity contribution in [2.45, 2.75) is 0 Å². The lowest BCUT2D eigenvalue weighted by Crippen LogP contribution is -2.21. The summed E-state index contributed by atoms with van der Waals surface area (Å²) in [4.78, 5) is 4.06. The Balaban J connectivity index is 2.08. The van der Waals surface area contributed by atoms with Gasteiger partial charge in [-0.25, -0.2) is 4.99 Å². The molecule has 0 saturated carbocycles. The predicted octanol–water partition coefficient (Wildman–Crippen LogP) is 3.47. The highest BCUT2D eigenvalue weighted by Crippen LogP contribution is 2.28. The SMILES string of the molecule is NC(N)=Nc1ccc2cc(-c3ccsc3)ccc2c1. The van der Waals surface area contributed by atoms with Crippen LogP contribution in [0.2, 0.25) is 0 Å². The molecule has 4 N–H and O–H groups in total. The first-order valence-corrected chi connectivity index (χ1v) is 6.83. The molecule has 3 rings (SSSR count). The largest absolute Gasteiger partial charge is 0.370 e. The van der Waals surface area contributed by atoms with E-state index in [1.54, 1.807) is 11.3 Å². The average Bonchev–Trinajstić information content (AvgIpc) is 2.91. The highest BCUT2D eigenvalue weighted by Gasteiger charge is 2.01. The van der Waals surface area contributed by atoms with Gasteiger partial charge in [-0.05, 0) is 56.9 Å². The molecule has 0 aliphatic carbocycles. The summed E-state index contributed by atoms with van der Waals surface area (Å²) in [7, 11) is 0. The maximum absolute atomic E-state index is 5.39. The number of thiophene rings is 1. The molecule has 19 heavy (non-hydrogen) atoms. The van der Waals surface area contributed by atoms with Gasteiger partial charge in [-0.1, -0.05) is 18.2 Å². The zero-order valence-electron chi connectivity index (χ0n) is 10.2. The van der Waals surface area contributed by atoms with Gasteiger partial charge in [0.25, 0.3) is 0 Å². The number of guanidine groups is 1. The van der Waals surface area contributed by atoms with Gasteiger partial charge in [0.15, 0.2) is 5.96 Å². The minimum Gasteiger partial charge on any atom is -0.370 e. The molecule has 94 valence electrons. The molecule has 0 bridgehead atoms. The van der Waals surface area contributed by atoms with Crippen molar-refractivity contribution >= 4 is 33.8 Å². The second-order valence-electron chi connectivity index (χ2n) is 4.29. The van der Waals surface area contributed by atoms with E-state index in [9.17, 15) is 0 Å². The van der Waals surface area contributed by atoms with E-state index in [2.05, 4.69) is 40.0 Å². The first-order valence-electron chi connectivity index (χ1n) is 5.88. The van der Waals surface area contributed by atoms with E-state index in [1.807, 2.05) is 18.2 Å². The second-order valence-corrected chi connectivity index (χ2v) is 5.07. The summed E-state index contributed by atoms with van der Waals surface area (Å²) in [6.07, 6.45) is 0. The molecular formula is C15H13N3S. The second kappa shape index (κ2) is 4.74. The Morgan fingerprint density at radius 3 is 2.42 bits per heavy atom. The Bertz CT molecular complexity index is 741. The van der Waals surface area contributed by atoms with Gasteiger partial charge in [-0.2, -0.15) is 11.3 Å². The minimum atomic E-state index is 0.0780. The van der Waals surface area contributed by atoms with E-state index in [0.29, 0.717) is 0 Å². The monoisotopic (exact) mass is 267 g/mol. The quantitative estimate of drug-likeness (QED) is 0.551. The molecule has 0 fully saturated rings. The van der Waals surface area contributed by atoms with E-state index in [1.165, 1.54) is 16.5 Å². The Morgan fingerprint density at radius 2 is 1.68 bits per heavy atom. The van der Waals surface area contributed by atoms with Crippen LogP contribution in [0.15, 0.2) is 58.2 Å². The van der Waals surface area contributed by atoms with Gasteiger partial charge < -0.3 is 11.5 Å². The minimum absolute atomic E-state index is 0.0780. The van der Waals surface area contributed by atoms with Crippen molar-refractivity contribution in [2.24, 2.45) is 16.5 Å². The van der Waals surface area contributed by atoms with Crippen LogP contribution >= 0.6 is 11.3 Å². The molecule has 0 atom stereocenters. The summed E-state index contributed by atoms with van der Waals surface area (Å²) in [5, 5.41) is 6.54. The van der Waals surface area contributed by atoms with Crippen LogP contribution in [0.25, 0.3) is 21.9 Å². The van der Waals surface area contributed by atoms with Gasteiger partial charge in [0.05, 0.1) is 5.69 Å². The van der Waals surface area contributed by atoms with Crippen LogP contribution in [0.5, 0.6) is 0 Å². The van der Waals surface area contributed by atoms with Gasteiger partial charge >= 0.3 is 0 Å². The third kappa shape index (κ3) is 2.44. The van der Waals surface area contributed by atoms with Crippen molar-refractivity contribution in [3.63, 3.8) is 0 Å². The highest BCUT2D eigenvalue weighted by atomic mass is 32.1. The first-order chi connectivity index (χ1) is 9.22. The summed E-state index contributed by atoms with van der Waals surface area (Å²) in [6, 6.07) is 14.4. The van der Waals surface area contributed by atoms with E-state index in [4.69, 9.17) is 11.5 Å². The fourth-order valence-electron chi connectivity index (χ4n) is 2.06. The van der Waals surface area contributed by atoms with Crippen LogP contribution in [0, 0.1) is 0 Å². The van der Waals surface area contributed by atoms with Gasteiger partial charge in [0.2, 0.25) is 0 Å². The Kier molecular flexibility index (Phi) is 2.93. The number of nitrogens with two attached hydrogens (primary N) is 2. The molecule has 2 aromatic carbocycles. The molecule has 3 nitrogen and oxygen atoms in total. The van der Waals surface area contributed by atoms with Crippen molar-refractivity contribution in [3.05, 3.63) is 53.2 Å². The highest BCUT2D eigenvalue weighted by molar-refractivity contribution is 7.08. The molecule has 1 heterocycles. The number of hydrogen-bond acceptors (Lipinski definition) is 2. The summed E-state index contributed by atoms with van der Waals surface area (Å²) >= 11 is 1.70. The van der Waals surface area contributed by atoms with Crippen LogP contribution in [0.1, 0.15) is 0 Å². The van der Waals surface area contributed by atoms with Gasteiger partial charge in [0.1, 0.15) is 0 Å². The third-order valence-electron chi connectivity index (χ3n) is 2.94. The van der Waals surface area contributed by atoms with E-state index >= 15 is 0 Å². The summed E-state index contributed by atoms with van der Waals surface area (Å²) in [5.41, 5.74) is 14.0. The van der Waals surface area contributed by atoms with Crippen LogP contribution in [-0.2, 0) is 0 Å². The molecular weight excluding hydrogens is 254 g/mol. The molecule has 0 radical (unpaired) electrons. The number of rotatable bonds is 2. The van der Waals surface area contributed by atoms with Crippen molar-refractivity contribution in [1.82, 2.24) is 0 Å². The van der Waals surface area contributed by atoms with Crippen molar-refractivity contribution in [3.8, 4) is 11.1 Å². The maximum atomic E-state index is 5.39. The fraction of sp³-hybridized carbons (Fsp3) is 0. The van der Waals surface area contributed by atoms with Gasteiger partial charge in [-0.3, -0.25) is 0 Å². The topological polar surface area (TPSA) is 64.4 Å².